The van der Waals surface area contributed by atoms with Crippen LogP contribution in [0.25, 0.3) is 0 Å². The Morgan fingerprint density at radius 1 is 1.25 bits per heavy atom. The second-order valence-electron chi connectivity index (χ2n) is 4.92. The Bertz CT molecular complexity index is 860. The minimum atomic E-state index is -3.60. The molecule has 5 nitrogen and oxygen atoms in total. The van der Waals surface area contributed by atoms with Gasteiger partial charge in [-0.2, -0.15) is 0 Å². The van der Waals surface area contributed by atoms with Crippen LogP contribution in [0.4, 0.5) is 11.4 Å². The van der Waals surface area contributed by atoms with E-state index in [9.17, 15) is 13.2 Å². The van der Waals surface area contributed by atoms with E-state index in [0.717, 1.165) is 14.1 Å². The fourth-order valence-corrected chi connectivity index (χ4v) is 3.56. The van der Waals surface area contributed by atoms with Crippen LogP contribution in [0.2, 0.25) is 5.02 Å². The molecular formula is C15H13BrClIN2O3S. The Morgan fingerprint density at radius 3 is 2.42 bits per heavy atom. The lowest BCUT2D eigenvalue weighted by atomic mass is 10.3. The van der Waals surface area contributed by atoms with Crippen molar-refractivity contribution in [3.63, 3.8) is 0 Å². The van der Waals surface area contributed by atoms with Gasteiger partial charge < -0.3 is 5.32 Å². The van der Waals surface area contributed by atoms with Gasteiger partial charge in [0.2, 0.25) is 15.9 Å². The van der Waals surface area contributed by atoms with E-state index in [2.05, 4.69) is 43.8 Å². The highest BCUT2D eigenvalue weighted by Crippen LogP contribution is 2.25. The standard InChI is InChI=1S/C15H13BrClIN2O3S/c1-24(22,23)20(12-5-2-10(18)3-6-12)9-15(21)19-11-4-7-13(16)14(17)8-11/h2-8H,9H2,1H3,(H,19,21). The summed E-state index contributed by atoms with van der Waals surface area (Å²) in [4.78, 5) is 12.2. The maximum atomic E-state index is 12.2. The molecule has 0 heterocycles. The van der Waals surface area contributed by atoms with Gasteiger partial charge in [-0.3, -0.25) is 9.10 Å². The zero-order chi connectivity index (χ0) is 17.9. The van der Waals surface area contributed by atoms with E-state index >= 15 is 0 Å². The smallest absolute Gasteiger partial charge is 0.245 e. The van der Waals surface area contributed by atoms with Gasteiger partial charge in [0.15, 0.2) is 0 Å². The monoisotopic (exact) mass is 542 g/mol. The maximum Gasteiger partial charge on any atom is 0.245 e. The predicted octanol–water partition coefficient (Wildman–Crippen LogP) is 4.11. The van der Waals surface area contributed by atoms with Gasteiger partial charge in [0.1, 0.15) is 6.54 Å². The van der Waals surface area contributed by atoms with E-state index in [0.29, 0.717) is 20.9 Å². The fourth-order valence-electron chi connectivity index (χ4n) is 1.91. The number of nitrogens with zero attached hydrogens (tertiary/aromatic N) is 1. The van der Waals surface area contributed by atoms with Gasteiger partial charge in [0.25, 0.3) is 0 Å². The number of hydrogen-bond acceptors (Lipinski definition) is 3. The summed E-state index contributed by atoms with van der Waals surface area (Å²) in [5.74, 6) is -0.461. The fraction of sp³-hybridized carbons (Fsp3) is 0.133. The highest BCUT2D eigenvalue weighted by atomic mass is 127. The van der Waals surface area contributed by atoms with Crippen LogP contribution >= 0.6 is 50.1 Å². The first-order valence-corrected chi connectivity index (χ1v) is 10.7. The second kappa shape index (κ2) is 8.03. The van der Waals surface area contributed by atoms with Crippen molar-refractivity contribution < 1.29 is 13.2 Å². The van der Waals surface area contributed by atoms with Crippen LogP contribution in [0.1, 0.15) is 0 Å². The molecule has 0 radical (unpaired) electrons. The minimum Gasteiger partial charge on any atom is -0.324 e. The van der Waals surface area contributed by atoms with Crippen LogP contribution < -0.4 is 9.62 Å². The van der Waals surface area contributed by atoms with Crippen LogP contribution in [0.15, 0.2) is 46.9 Å². The molecule has 0 aromatic heterocycles. The minimum absolute atomic E-state index is 0.326. The molecule has 9 heteroatoms. The highest BCUT2D eigenvalue weighted by Gasteiger charge is 2.21. The van der Waals surface area contributed by atoms with E-state index in [1.54, 1.807) is 42.5 Å². The number of carbonyl (C=O) groups excluding carboxylic acids is 1. The third-order valence-electron chi connectivity index (χ3n) is 3.01. The number of amides is 1. The second-order valence-corrected chi connectivity index (χ2v) is 9.34. The van der Waals surface area contributed by atoms with Gasteiger partial charge in [0.05, 0.1) is 17.0 Å². The summed E-state index contributed by atoms with van der Waals surface area (Å²) in [6.45, 7) is -0.326. The average Bonchev–Trinajstić information content (AvgIpc) is 2.49. The van der Waals surface area contributed by atoms with Crippen LogP contribution in [0.5, 0.6) is 0 Å². The maximum absolute atomic E-state index is 12.2. The molecule has 0 aliphatic heterocycles. The summed E-state index contributed by atoms with van der Waals surface area (Å²) < 4.78 is 26.8. The number of sulfonamides is 1. The SMILES string of the molecule is CS(=O)(=O)N(CC(=O)Nc1ccc(Br)c(Cl)c1)c1ccc(I)cc1. The summed E-state index contributed by atoms with van der Waals surface area (Å²) in [6, 6.07) is 11.8. The largest absolute Gasteiger partial charge is 0.324 e. The number of halogens is 3. The molecule has 0 atom stereocenters. The Morgan fingerprint density at radius 2 is 1.88 bits per heavy atom. The van der Waals surface area contributed by atoms with E-state index in [-0.39, 0.29) is 6.54 Å². The van der Waals surface area contributed by atoms with Crippen molar-refractivity contribution >= 4 is 77.4 Å². The topological polar surface area (TPSA) is 66.5 Å². The lowest BCUT2D eigenvalue weighted by Gasteiger charge is -2.22. The first-order chi connectivity index (χ1) is 11.2. The number of benzene rings is 2. The zero-order valence-electron chi connectivity index (χ0n) is 12.5. The number of nitrogens with one attached hydrogen (secondary N) is 1. The summed E-state index contributed by atoms with van der Waals surface area (Å²) in [5.41, 5.74) is 0.922. The Hall–Kier alpha value is -0.840. The van der Waals surface area contributed by atoms with Gasteiger partial charge in [-0.1, -0.05) is 11.6 Å². The molecule has 0 saturated heterocycles. The molecule has 0 fully saturated rings. The molecule has 1 amide bonds. The quantitative estimate of drug-likeness (QED) is 0.578. The number of hydrogen-bond donors (Lipinski definition) is 1. The molecule has 24 heavy (non-hydrogen) atoms. The molecule has 128 valence electrons. The van der Waals surface area contributed by atoms with E-state index < -0.39 is 15.9 Å². The van der Waals surface area contributed by atoms with Crippen molar-refractivity contribution in [1.29, 1.82) is 0 Å². The zero-order valence-corrected chi connectivity index (χ0v) is 17.8. The molecule has 2 aromatic carbocycles. The summed E-state index contributed by atoms with van der Waals surface area (Å²) in [5, 5.41) is 3.09. The molecule has 0 spiro atoms. The van der Waals surface area contributed by atoms with Crippen molar-refractivity contribution in [2.24, 2.45) is 0 Å². The molecule has 2 rings (SSSR count). The summed E-state index contributed by atoms with van der Waals surface area (Å²) >= 11 is 11.4. The highest BCUT2D eigenvalue weighted by molar-refractivity contribution is 14.1. The normalized spacial score (nSPS) is 11.2. The molecule has 0 unspecified atom stereocenters. The summed E-state index contributed by atoms with van der Waals surface area (Å²) in [6.07, 6.45) is 1.06. The van der Waals surface area contributed by atoms with Crippen LogP contribution in [-0.4, -0.2) is 27.1 Å². The summed E-state index contributed by atoms with van der Waals surface area (Å²) in [7, 11) is -3.60. The van der Waals surface area contributed by atoms with Crippen LogP contribution in [0, 0.1) is 3.57 Å². The third kappa shape index (κ3) is 5.33. The Kier molecular flexibility index (Phi) is 6.52. The van der Waals surface area contributed by atoms with Crippen molar-refractivity contribution in [3.8, 4) is 0 Å². The van der Waals surface area contributed by atoms with Crippen molar-refractivity contribution in [2.75, 3.05) is 22.4 Å². The average molecular weight is 544 g/mol. The first-order valence-electron chi connectivity index (χ1n) is 6.65. The molecule has 0 saturated carbocycles. The van der Waals surface area contributed by atoms with Crippen LogP contribution in [-0.2, 0) is 14.8 Å². The Labute approximate surface area is 167 Å². The third-order valence-corrected chi connectivity index (χ3v) is 6.10. The molecule has 0 bridgehead atoms. The van der Waals surface area contributed by atoms with Crippen molar-refractivity contribution in [2.45, 2.75) is 0 Å². The molecule has 1 N–H and O–H groups in total. The van der Waals surface area contributed by atoms with E-state index in [1.807, 2.05) is 0 Å². The van der Waals surface area contributed by atoms with Crippen LogP contribution in [0.3, 0.4) is 0 Å². The lowest BCUT2D eigenvalue weighted by Crippen LogP contribution is -2.37. The number of anilines is 2. The van der Waals surface area contributed by atoms with Gasteiger partial charge in [-0.15, -0.1) is 0 Å². The van der Waals surface area contributed by atoms with Gasteiger partial charge in [0, 0.05) is 13.7 Å². The molecule has 2 aromatic rings. The number of rotatable bonds is 5. The van der Waals surface area contributed by atoms with E-state index in [4.69, 9.17) is 11.6 Å². The Balaban J connectivity index is 2.18. The first kappa shape index (κ1) is 19.5. The van der Waals surface area contributed by atoms with E-state index in [1.165, 1.54) is 0 Å². The number of carbonyl (C=O) groups is 1. The van der Waals surface area contributed by atoms with Gasteiger partial charge in [-0.05, 0) is 81.0 Å². The van der Waals surface area contributed by atoms with Crippen molar-refractivity contribution in [1.82, 2.24) is 0 Å². The predicted molar refractivity (Wildman–Crippen MR) is 109 cm³/mol. The van der Waals surface area contributed by atoms with Gasteiger partial charge in [-0.25, -0.2) is 8.42 Å². The lowest BCUT2D eigenvalue weighted by molar-refractivity contribution is -0.114. The van der Waals surface area contributed by atoms with Gasteiger partial charge >= 0.3 is 0 Å². The van der Waals surface area contributed by atoms with Crippen molar-refractivity contribution in [3.05, 3.63) is 55.5 Å². The molecule has 0 aliphatic rings. The molecule has 0 aliphatic carbocycles. The molecular weight excluding hydrogens is 531 g/mol.